The minimum Gasteiger partial charge on any atom is -0.465 e. The van der Waals surface area contributed by atoms with Crippen molar-refractivity contribution in [2.75, 3.05) is 0 Å². The highest BCUT2D eigenvalue weighted by Gasteiger charge is 2.22. The van der Waals surface area contributed by atoms with E-state index in [1.807, 2.05) is 0 Å². The van der Waals surface area contributed by atoms with Crippen LogP contribution in [0.15, 0.2) is 34.7 Å². The summed E-state index contributed by atoms with van der Waals surface area (Å²) in [5.41, 5.74) is 0.343. The van der Waals surface area contributed by atoms with Crippen molar-refractivity contribution in [1.29, 1.82) is 0 Å². The van der Waals surface area contributed by atoms with Gasteiger partial charge in [-0.25, -0.2) is 0 Å². The number of nitro groups is 1. The van der Waals surface area contributed by atoms with Crippen LogP contribution in [0.1, 0.15) is 27.4 Å². The molecule has 0 aliphatic carbocycles. The third-order valence-electron chi connectivity index (χ3n) is 2.88. The van der Waals surface area contributed by atoms with Crippen molar-refractivity contribution in [3.8, 4) is 0 Å². The first kappa shape index (κ1) is 13.8. The number of nitrogens with one attached hydrogen (secondary N) is 1. The highest BCUT2D eigenvalue weighted by Crippen LogP contribution is 2.22. The van der Waals surface area contributed by atoms with Gasteiger partial charge in [-0.1, -0.05) is 12.1 Å². The molecular weight excluding hydrogens is 260 g/mol. The normalized spacial score (nSPS) is 10.3. The highest BCUT2D eigenvalue weighted by atomic mass is 16.6. The summed E-state index contributed by atoms with van der Waals surface area (Å²) in [6.45, 7) is 3.60. The number of amides is 1. The van der Waals surface area contributed by atoms with Crippen LogP contribution in [0.3, 0.4) is 0 Å². The van der Waals surface area contributed by atoms with E-state index in [2.05, 4.69) is 5.32 Å². The summed E-state index contributed by atoms with van der Waals surface area (Å²) in [4.78, 5) is 22.5. The Morgan fingerprint density at radius 3 is 2.65 bits per heavy atom. The molecule has 20 heavy (non-hydrogen) atoms. The number of benzene rings is 1. The van der Waals surface area contributed by atoms with Crippen LogP contribution in [0.4, 0.5) is 5.69 Å². The number of nitro benzene ring substituents is 1. The van der Waals surface area contributed by atoms with Crippen molar-refractivity contribution in [3.05, 3.63) is 63.1 Å². The van der Waals surface area contributed by atoms with Crippen molar-refractivity contribution < 1.29 is 14.1 Å². The Balaban J connectivity index is 2.17. The largest absolute Gasteiger partial charge is 0.465 e. The van der Waals surface area contributed by atoms with Gasteiger partial charge in [-0.2, -0.15) is 0 Å². The van der Waals surface area contributed by atoms with E-state index in [1.165, 1.54) is 6.07 Å². The molecule has 2 aromatic rings. The van der Waals surface area contributed by atoms with Crippen LogP contribution in [-0.2, 0) is 6.54 Å². The van der Waals surface area contributed by atoms with Gasteiger partial charge in [0.05, 0.1) is 11.5 Å². The Labute approximate surface area is 115 Å². The smallest absolute Gasteiger partial charge is 0.285 e. The van der Waals surface area contributed by atoms with Crippen LogP contribution in [0.5, 0.6) is 0 Å². The number of nitrogens with zero attached hydrogens (tertiary/aromatic N) is 1. The standard InChI is InChI=1S/C14H14N2O4/c1-9-4-3-5-12(13(9)16(18)19)14(17)15-8-11-7-6-10(2)20-11/h3-7H,8H2,1-2H3,(H,15,17). The average Bonchev–Trinajstić information content (AvgIpc) is 2.81. The van der Waals surface area contributed by atoms with E-state index < -0.39 is 10.8 Å². The Morgan fingerprint density at radius 2 is 2.05 bits per heavy atom. The van der Waals surface area contributed by atoms with Gasteiger partial charge >= 0.3 is 0 Å². The molecule has 6 heteroatoms. The first-order valence-corrected chi connectivity index (χ1v) is 6.06. The third kappa shape index (κ3) is 2.85. The number of hydrogen-bond acceptors (Lipinski definition) is 4. The zero-order chi connectivity index (χ0) is 14.7. The van der Waals surface area contributed by atoms with Crippen molar-refractivity contribution in [1.82, 2.24) is 5.32 Å². The van der Waals surface area contributed by atoms with E-state index in [4.69, 9.17) is 4.42 Å². The van der Waals surface area contributed by atoms with Gasteiger partial charge in [0.1, 0.15) is 17.1 Å². The lowest BCUT2D eigenvalue weighted by Crippen LogP contribution is -2.23. The molecule has 1 heterocycles. The lowest BCUT2D eigenvalue weighted by Gasteiger charge is -2.06. The van der Waals surface area contributed by atoms with Crippen LogP contribution in [0.2, 0.25) is 0 Å². The SMILES string of the molecule is Cc1ccc(CNC(=O)c2cccc(C)c2[N+](=O)[O-])o1. The highest BCUT2D eigenvalue weighted by molar-refractivity contribution is 5.98. The summed E-state index contributed by atoms with van der Waals surface area (Å²) in [7, 11) is 0. The summed E-state index contributed by atoms with van der Waals surface area (Å²) < 4.78 is 5.32. The van der Waals surface area contributed by atoms with Gasteiger partial charge in [-0.05, 0) is 32.0 Å². The van der Waals surface area contributed by atoms with Crippen LogP contribution < -0.4 is 5.32 Å². The van der Waals surface area contributed by atoms with Gasteiger partial charge in [0.25, 0.3) is 11.6 Å². The van der Waals surface area contributed by atoms with E-state index in [0.29, 0.717) is 11.3 Å². The minimum atomic E-state index is -0.540. The third-order valence-corrected chi connectivity index (χ3v) is 2.88. The predicted molar refractivity (Wildman–Crippen MR) is 72.4 cm³/mol. The quantitative estimate of drug-likeness (QED) is 0.686. The molecule has 0 aliphatic heterocycles. The monoisotopic (exact) mass is 274 g/mol. The topological polar surface area (TPSA) is 85.4 Å². The van der Waals surface area contributed by atoms with Crippen LogP contribution >= 0.6 is 0 Å². The second-order valence-corrected chi connectivity index (χ2v) is 4.42. The molecule has 0 spiro atoms. The molecule has 6 nitrogen and oxygen atoms in total. The van der Waals surface area contributed by atoms with Crippen molar-refractivity contribution in [2.45, 2.75) is 20.4 Å². The van der Waals surface area contributed by atoms with Gasteiger partial charge in [0.15, 0.2) is 0 Å². The first-order valence-electron chi connectivity index (χ1n) is 6.06. The molecule has 1 aromatic heterocycles. The molecule has 1 amide bonds. The van der Waals surface area contributed by atoms with Crippen molar-refractivity contribution >= 4 is 11.6 Å². The fourth-order valence-corrected chi connectivity index (χ4v) is 1.93. The van der Waals surface area contributed by atoms with Gasteiger partial charge in [-0.15, -0.1) is 0 Å². The maximum absolute atomic E-state index is 12.0. The number of aryl methyl sites for hydroxylation is 2. The molecule has 0 atom stereocenters. The zero-order valence-corrected chi connectivity index (χ0v) is 11.2. The summed E-state index contributed by atoms with van der Waals surface area (Å²) in [5, 5.41) is 13.6. The first-order chi connectivity index (χ1) is 9.49. The van der Waals surface area contributed by atoms with Crippen molar-refractivity contribution in [3.63, 3.8) is 0 Å². The molecule has 0 saturated carbocycles. The Morgan fingerprint density at radius 1 is 1.30 bits per heavy atom. The van der Waals surface area contributed by atoms with E-state index >= 15 is 0 Å². The molecule has 0 radical (unpaired) electrons. The van der Waals surface area contributed by atoms with Crippen LogP contribution in [0, 0.1) is 24.0 Å². The number of carbonyl (C=O) groups is 1. The number of rotatable bonds is 4. The van der Waals surface area contributed by atoms with Gasteiger partial charge in [-0.3, -0.25) is 14.9 Å². The molecule has 104 valence electrons. The zero-order valence-electron chi connectivity index (χ0n) is 11.2. The molecule has 1 aromatic carbocycles. The average molecular weight is 274 g/mol. The summed E-state index contributed by atoms with van der Waals surface area (Å²) in [5.74, 6) is 0.858. The molecule has 0 fully saturated rings. The van der Waals surface area contributed by atoms with Gasteiger partial charge < -0.3 is 9.73 Å². The summed E-state index contributed by atoms with van der Waals surface area (Å²) in [6.07, 6.45) is 0. The minimum absolute atomic E-state index is 0.0540. The number of para-hydroxylation sites is 1. The summed E-state index contributed by atoms with van der Waals surface area (Å²) >= 11 is 0. The van der Waals surface area contributed by atoms with Gasteiger partial charge in [0, 0.05) is 5.56 Å². The second-order valence-electron chi connectivity index (χ2n) is 4.42. The van der Waals surface area contributed by atoms with E-state index in [0.717, 1.165) is 5.76 Å². The van der Waals surface area contributed by atoms with E-state index in [1.54, 1.807) is 38.1 Å². The molecule has 2 rings (SSSR count). The number of carbonyl (C=O) groups excluding carboxylic acids is 1. The molecule has 0 aliphatic rings. The number of furan rings is 1. The Hall–Kier alpha value is -2.63. The number of hydrogen-bond donors (Lipinski definition) is 1. The Kier molecular flexibility index (Phi) is 3.84. The molecule has 0 bridgehead atoms. The predicted octanol–water partition coefficient (Wildman–Crippen LogP) is 2.73. The van der Waals surface area contributed by atoms with E-state index in [9.17, 15) is 14.9 Å². The lowest BCUT2D eigenvalue weighted by molar-refractivity contribution is -0.385. The fourth-order valence-electron chi connectivity index (χ4n) is 1.93. The fraction of sp³-hybridized carbons (Fsp3) is 0.214. The van der Waals surface area contributed by atoms with Gasteiger partial charge in [0.2, 0.25) is 0 Å². The van der Waals surface area contributed by atoms with E-state index in [-0.39, 0.29) is 17.8 Å². The lowest BCUT2D eigenvalue weighted by atomic mass is 10.1. The van der Waals surface area contributed by atoms with Crippen LogP contribution in [-0.4, -0.2) is 10.8 Å². The Bertz CT molecular complexity index is 661. The second kappa shape index (κ2) is 5.56. The molecular formula is C14H14N2O4. The maximum Gasteiger partial charge on any atom is 0.285 e. The summed E-state index contributed by atoms with van der Waals surface area (Å²) in [6, 6.07) is 8.20. The molecule has 1 N–H and O–H groups in total. The maximum atomic E-state index is 12.0. The van der Waals surface area contributed by atoms with Crippen LogP contribution in [0.25, 0.3) is 0 Å². The molecule has 0 unspecified atom stereocenters. The van der Waals surface area contributed by atoms with Crippen molar-refractivity contribution in [2.24, 2.45) is 0 Å². The molecule has 0 saturated heterocycles.